The Kier molecular flexibility index (Phi) is 2.31. The summed E-state index contributed by atoms with van der Waals surface area (Å²) in [7, 11) is 0. The van der Waals surface area contributed by atoms with Gasteiger partial charge in [0.05, 0.1) is 6.61 Å². The van der Waals surface area contributed by atoms with Crippen molar-refractivity contribution in [3.05, 3.63) is 35.4 Å². The number of fused-ring (bicyclic) bond motifs is 1. The molecule has 1 aromatic rings. The lowest BCUT2D eigenvalue weighted by molar-refractivity contribution is 0.181. The SMILES string of the molecule is NN1Cc2ccccc2C(CO)C1. The zero-order valence-corrected chi connectivity index (χ0v) is 7.48. The van der Waals surface area contributed by atoms with Crippen LogP contribution < -0.4 is 5.84 Å². The van der Waals surface area contributed by atoms with Crippen molar-refractivity contribution in [2.45, 2.75) is 12.5 Å². The Bertz CT molecular complexity index is 301. The van der Waals surface area contributed by atoms with E-state index >= 15 is 0 Å². The van der Waals surface area contributed by atoms with E-state index in [0.29, 0.717) is 0 Å². The van der Waals surface area contributed by atoms with Crippen LogP contribution in [0.3, 0.4) is 0 Å². The molecule has 0 radical (unpaired) electrons. The molecular formula is C10H14N2O. The lowest BCUT2D eigenvalue weighted by atomic mass is 9.91. The Labute approximate surface area is 77.7 Å². The molecule has 0 spiro atoms. The van der Waals surface area contributed by atoms with E-state index in [2.05, 4.69) is 12.1 Å². The highest BCUT2D eigenvalue weighted by Crippen LogP contribution is 2.25. The van der Waals surface area contributed by atoms with Crippen LogP contribution in [0.15, 0.2) is 24.3 Å². The van der Waals surface area contributed by atoms with Gasteiger partial charge in [-0.05, 0) is 11.1 Å². The summed E-state index contributed by atoms with van der Waals surface area (Å²) in [5, 5.41) is 10.9. The average Bonchev–Trinajstić information content (AvgIpc) is 2.16. The minimum absolute atomic E-state index is 0.171. The molecule has 0 bridgehead atoms. The van der Waals surface area contributed by atoms with Gasteiger partial charge in [0.15, 0.2) is 0 Å². The molecule has 1 aromatic carbocycles. The lowest BCUT2D eigenvalue weighted by Gasteiger charge is -2.30. The maximum atomic E-state index is 9.17. The third kappa shape index (κ3) is 1.58. The summed E-state index contributed by atoms with van der Waals surface area (Å²) in [6.07, 6.45) is 0. The van der Waals surface area contributed by atoms with E-state index in [1.165, 1.54) is 11.1 Å². The molecule has 0 aliphatic carbocycles. The van der Waals surface area contributed by atoms with Crippen LogP contribution in [-0.2, 0) is 6.54 Å². The minimum atomic E-state index is 0.171. The first-order valence-corrected chi connectivity index (χ1v) is 4.49. The van der Waals surface area contributed by atoms with Crippen LogP contribution in [0.4, 0.5) is 0 Å². The van der Waals surface area contributed by atoms with Gasteiger partial charge in [0.25, 0.3) is 0 Å². The van der Waals surface area contributed by atoms with Gasteiger partial charge in [-0.3, -0.25) is 5.84 Å². The molecule has 1 unspecified atom stereocenters. The van der Waals surface area contributed by atoms with Crippen molar-refractivity contribution in [3.8, 4) is 0 Å². The first-order chi connectivity index (χ1) is 6.31. The second-order valence-corrected chi connectivity index (χ2v) is 3.51. The van der Waals surface area contributed by atoms with Crippen LogP contribution >= 0.6 is 0 Å². The number of rotatable bonds is 1. The predicted octanol–water partition coefficient (Wildman–Crippen LogP) is 0.452. The number of hydrogen-bond donors (Lipinski definition) is 2. The van der Waals surface area contributed by atoms with E-state index in [1.54, 1.807) is 5.01 Å². The molecule has 1 atom stereocenters. The molecule has 3 N–H and O–H groups in total. The van der Waals surface area contributed by atoms with Gasteiger partial charge in [-0.2, -0.15) is 0 Å². The molecule has 0 amide bonds. The molecule has 70 valence electrons. The Hall–Kier alpha value is -0.900. The Morgan fingerprint density at radius 3 is 3.00 bits per heavy atom. The first-order valence-electron chi connectivity index (χ1n) is 4.49. The topological polar surface area (TPSA) is 49.5 Å². The summed E-state index contributed by atoms with van der Waals surface area (Å²) >= 11 is 0. The maximum Gasteiger partial charge on any atom is 0.0512 e. The molecule has 1 heterocycles. The lowest BCUT2D eigenvalue weighted by Crippen LogP contribution is -2.39. The number of nitrogens with zero attached hydrogens (tertiary/aromatic N) is 1. The van der Waals surface area contributed by atoms with Gasteiger partial charge in [-0.1, -0.05) is 24.3 Å². The summed E-state index contributed by atoms with van der Waals surface area (Å²) < 4.78 is 0. The van der Waals surface area contributed by atoms with Crippen molar-refractivity contribution in [1.29, 1.82) is 0 Å². The van der Waals surface area contributed by atoms with Crippen molar-refractivity contribution >= 4 is 0 Å². The van der Waals surface area contributed by atoms with E-state index in [9.17, 15) is 5.11 Å². The van der Waals surface area contributed by atoms with Gasteiger partial charge >= 0.3 is 0 Å². The standard InChI is InChI=1S/C10H14N2O/c11-12-5-8-3-1-2-4-10(8)9(6-12)7-13/h1-4,9,13H,5-7,11H2. The molecular weight excluding hydrogens is 164 g/mol. The normalized spacial score (nSPS) is 22.8. The first kappa shape index (κ1) is 8.69. The number of hydrogen-bond acceptors (Lipinski definition) is 3. The van der Waals surface area contributed by atoms with E-state index in [1.807, 2.05) is 12.1 Å². The highest BCUT2D eigenvalue weighted by molar-refractivity contribution is 5.32. The number of aliphatic hydroxyl groups excluding tert-OH is 1. The zero-order valence-electron chi connectivity index (χ0n) is 7.48. The largest absolute Gasteiger partial charge is 0.396 e. The van der Waals surface area contributed by atoms with Crippen LogP contribution in [0.1, 0.15) is 17.0 Å². The van der Waals surface area contributed by atoms with Crippen LogP contribution in [-0.4, -0.2) is 23.3 Å². The molecule has 2 rings (SSSR count). The van der Waals surface area contributed by atoms with Crippen molar-refractivity contribution in [3.63, 3.8) is 0 Å². The van der Waals surface area contributed by atoms with E-state index in [0.717, 1.165) is 13.1 Å². The fourth-order valence-corrected chi connectivity index (χ4v) is 1.90. The summed E-state index contributed by atoms with van der Waals surface area (Å²) in [6, 6.07) is 8.15. The summed E-state index contributed by atoms with van der Waals surface area (Å²) in [5.41, 5.74) is 2.47. The highest BCUT2D eigenvalue weighted by Gasteiger charge is 2.22. The zero-order chi connectivity index (χ0) is 9.26. The van der Waals surface area contributed by atoms with Gasteiger partial charge in [-0.25, -0.2) is 5.01 Å². The fourth-order valence-electron chi connectivity index (χ4n) is 1.90. The fraction of sp³-hybridized carbons (Fsp3) is 0.400. The molecule has 1 aliphatic heterocycles. The molecule has 0 saturated carbocycles. The third-order valence-electron chi connectivity index (χ3n) is 2.54. The average molecular weight is 178 g/mol. The van der Waals surface area contributed by atoms with Crippen molar-refractivity contribution in [2.24, 2.45) is 5.84 Å². The second-order valence-electron chi connectivity index (χ2n) is 3.51. The molecule has 1 aliphatic rings. The number of aliphatic hydroxyl groups is 1. The smallest absolute Gasteiger partial charge is 0.0512 e. The number of benzene rings is 1. The van der Waals surface area contributed by atoms with Crippen molar-refractivity contribution in [1.82, 2.24) is 5.01 Å². The molecule has 3 nitrogen and oxygen atoms in total. The van der Waals surface area contributed by atoms with E-state index < -0.39 is 0 Å². The summed E-state index contributed by atoms with van der Waals surface area (Å²) in [5.74, 6) is 5.91. The van der Waals surface area contributed by atoms with Crippen molar-refractivity contribution < 1.29 is 5.11 Å². The van der Waals surface area contributed by atoms with Crippen LogP contribution in [0.5, 0.6) is 0 Å². The Morgan fingerprint density at radius 1 is 1.46 bits per heavy atom. The predicted molar refractivity (Wildman–Crippen MR) is 50.9 cm³/mol. The van der Waals surface area contributed by atoms with Gasteiger partial charge in [0.1, 0.15) is 0 Å². The van der Waals surface area contributed by atoms with Gasteiger partial charge in [-0.15, -0.1) is 0 Å². The van der Waals surface area contributed by atoms with Gasteiger partial charge < -0.3 is 5.11 Å². The molecule has 3 heteroatoms. The highest BCUT2D eigenvalue weighted by atomic mass is 16.3. The third-order valence-corrected chi connectivity index (χ3v) is 2.54. The van der Waals surface area contributed by atoms with E-state index in [-0.39, 0.29) is 12.5 Å². The summed E-state index contributed by atoms with van der Waals surface area (Å²) in [6.45, 7) is 1.70. The molecule has 0 saturated heterocycles. The number of hydrazine groups is 1. The van der Waals surface area contributed by atoms with Gasteiger partial charge in [0, 0.05) is 19.0 Å². The van der Waals surface area contributed by atoms with Crippen molar-refractivity contribution in [2.75, 3.05) is 13.2 Å². The summed E-state index contributed by atoms with van der Waals surface area (Å²) in [4.78, 5) is 0. The minimum Gasteiger partial charge on any atom is -0.396 e. The monoisotopic (exact) mass is 178 g/mol. The molecule has 13 heavy (non-hydrogen) atoms. The van der Waals surface area contributed by atoms with Crippen LogP contribution in [0, 0.1) is 0 Å². The molecule has 0 fully saturated rings. The Balaban J connectivity index is 2.37. The Morgan fingerprint density at radius 2 is 2.23 bits per heavy atom. The quantitative estimate of drug-likeness (QED) is 0.614. The van der Waals surface area contributed by atoms with E-state index in [4.69, 9.17) is 5.84 Å². The van der Waals surface area contributed by atoms with Crippen LogP contribution in [0.25, 0.3) is 0 Å². The van der Waals surface area contributed by atoms with Gasteiger partial charge in [0.2, 0.25) is 0 Å². The maximum absolute atomic E-state index is 9.17. The second kappa shape index (κ2) is 3.46. The van der Waals surface area contributed by atoms with Crippen LogP contribution in [0.2, 0.25) is 0 Å². The number of nitrogens with two attached hydrogens (primary N) is 1. The molecule has 0 aromatic heterocycles.